The summed E-state index contributed by atoms with van der Waals surface area (Å²) in [5.74, 6) is 0.835. The average Bonchev–Trinajstić information content (AvgIpc) is 2.88. The molecule has 0 spiro atoms. The van der Waals surface area contributed by atoms with Gasteiger partial charge in [0.15, 0.2) is 0 Å². The predicted molar refractivity (Wildman–Crippen MR) is 187 cm³/mol. The van der Waals surface area contributed by atoms with Gasteiger partial charge in [-0.15, -0.1) is 0 Å². The van der Waals surface area contributed by atoms with E-state index in [2.05, 4.69) is 47.3 Å². The minimum atomic E-state index is -2.86. The Bertz CT molecular complexity index is 949. The fourth-order valence-corrected chi connectivity index (χ4v) is 10.6. The molecule has 1 aliphatic heterocycles. The van der Waals surface area contributed by atoms with Crippen LogP contribution < -0.4 is 0 Å². The van der Waals surface area contributed by atoms with E-state index >= 15 is 0 Å². The number of rotatable bonds is 18. The Labute approximate surface area is 275 Å². The molecule has 0 aromatic heterocycles. The minimum absolute atomic E-state index is 0.106. The summed E-state index contributed by atoms with van der Waals surface area (Å²) in [7, 11) is -8.59. The van der Waals surface area contributed by atoms with Gasteiger partial charge in [0.2, 0.25) is 28.0 Å². The number of nitrogens with zero attached hydrogens (tertiary/aromatic N) is 5. The topological polar surface area (TPSA) is 112 Å². The first-order valence-electron chi connectivity index (χ1n) is 16.7. The molecule has 3 atom stereocenters. The van der Waals surface area contributed by atoms with Gasteiger partial charge in [0, 0.05) is 85.4 Å². The molecule has 3 unspecified atom stereocenters. The summed E-state index contributed by atoms with van der Waals surface area (Å²) in [6, 6.07) is 0. The van der Waals surface area contributed by atoms with E-state index in [0.29, 0.717) is 116 Å². The van der Waals surface area contributed by atoms with Crippen LogP contribution in [0.2, 0.25) is 0 Å². The maximum absolute atomic E-state index is 13.7. The van der Waals surface area contributed by atoms with E-state index in [-0.39, 0.29) is 12.5 Å². The smallest absolute Gasteiger partial charge is 0.236 e. The number of carbonyl (C=O) groups is 1. The second-order valence-corrected chi connectivity index (χ2v) is 21.1. The van der Waals surface area contributed by atoms with Crippen LogP contribution in [0.15, 0.2) is 0 Å². The molecule has 1 heterocycles. The van der Waals surface area contributed by atoms with Gasteiger partial charge >= 0.3 is 0 Å². The molecule has 0 aromatic rings. The second kappa shape index (κ2) is 21.1. The van der Waals surface area contributed by atoms with Gasteiger partial charge in [-0.05, 0) is 32.6 Å². The average molecular weight is 702 g/mol. The molecule has 1 saturated heterocycles. The number of hydrogen-bond donors (Lipinski definition) is 0. The first kappa shape index (κ1) is 42.9. The Morgan fingerprint density at radius 2 is 0.844 bits per heavy atom. The lowest BCUT2D eigenvalue weighted by Crippen LogP contribution is -2.49. The quantitative estimate of drug-likeness (QED) is 0.179. The Balaban J connectivity index is 3.35. The molecule has 0 bridgehead atoms. The van der Waals surface area contributed by atoms with Gasteiger partial charge in [0.1, 0.15) is 0 Å². The van der Waals surface area contributed by atoms with E-state index < -0.39 is 22.1 Å². The first-order valence-corrected chi connectivity index (χ1v) is 23.5. The summed E-state index contributed by atoms with van der Waals surface area (Å²) >= 11 is 0. The summed E-state index contributed by atoms with van der Waals surface area (Å²) < 4.78 is 56.7. The molecule has 1 amide bonds. The van der Waals surface area contributed by atoms with Crippen molar-refractivity contribution in [3.63, 3.8) is 0 Å². The van der Waals surface area contributed by atoms with E-state index in [0.717, 1.165) is 0 Å². The van der Waals surface area contributed by atoms with Crippen LogP contribution in [0.25, 0.3) is 0 Å². The molecule has 0 saturated carbocycles. The number of carbonyl (C=O) groups excluding carboxylic acids is 1. The maximum Gasteiger partial charge on any atom is 0.236 e. The monoisotopic (exact) mass is 701 g/mol. The minimum Gasteiger partial charge on any atom is -0.341 e. The van der Waals surface area contributed by atoms with Crippen LogP contribution in [0.4, 0.5) is 0 Å². The van der Waals surface area contributed by atoms with Crippen molar-refractivity contribution in [3.8, 4) is 0 Å². The van der Waals surface area contributed by atoms with E-state index in [1.807, 2.05) is 25.7 Å². The molecule has 0 N–H and O–H groups in total. The lowest BCUT2D eigenvalue weighted by atomic mass is 10.1. The third kappa shape index (κ3) is 19.5. The van der Waals surface area contributed by atoms with Crippen LogP contribution in [0.3, 0.4) is 0 Å². The SMILES string of the molecule is CCOP(C)(=O)CN1CCN(CC(=O)N(CC(C)C)CC(C)C)CCN(CP(C)(=O)OCC)CCN(CP(C)(=O)OCC)CC1. The lowest BCUT2D eigenvalue weighted by Gasteiger charge is -2.36. The van der Waals surface area contributed by atoms with Crippen LogP contribution >= 0.6 is 22.1 Å². The highest BCUT2D eigenvalue weighted by atomic mass is 31.2. The number of hydrogen-bond acceptors (Lipinski definition) is 11. The summed E-state index contributed by atoms with van der Waals surface area (Å²) in [5.41, 5.74) is 0. The van der Waals surface area contributed by atoms with Gasteiger partial charge in [0.05, 0.1) is 45.2 Å². The van der Waals surface area contributed by atoms with E-state index in [9.17, 15) is 18.5 Å². The normalized spacial score (nSPS) is 21.5. The maximum atomic E-state index is 13.7. The Hall–Kier alpha value is -0.120. The summed E-state index contributed by atoms with van der Waals surface area (Å²) in [4.78, 5) is 24.2. The summed E-state index contributed by atoms with van der Waals surface area (Å²) in [5, 5.41) is 0. The van der Waals surface area contributed by atoms with Crippen molar-refractivity contribution in [2.24, 2.45) is 11.8 Å². The van der Waals surface area contributed by atoms with Crippen LogP contribution in [0, 0.1) is 11.8 Å². The molecule has 268 valence electrons. The molecule has 1 aliphatic rings. The fraction of sp³-hybridized carbons (Fsp3) is 0.967. The van der Waals surface area contributed by atoms with Crippen molar-refractivity contribution in [2.45, 2.75) is 48.5 Å². The Morgan fingerprint density at radius 1 is 0.578 bits per heavy atom. The molecule has 0 aliphatic carbocycles. The molecule has 0 aromatic carbocycles. The van der Waals surface area contributed by atoms with Gasteiger partial charge in [-0.2, -0.15) is 0 Å². The second-order valence-electron chi connectivity index (χ2n) is 13.4. The first-order chi connectivity index (χ1) is 20.9. The summed E-state index contributed by atoms with van der Waals surface area (Å²) in [6.45, 7) is 26.7. The highest BCUT2D eigenvalue weighted by Gasteiger charge is 2.28. The molecule has 12 nitrogen and oxygen atoms in total. The van der Waals surface area contributed by atoms with Gasteiger partial charge < -0.3 is 18.5 Å². The zero-order chi connectivity index (χ0) is 34.3. The predicted octanol–water partition coefficient (Wildman–Crippen LogP) is 5.05. The van der Waals surface area contributed by atoms with Crippen molar-refractivity contribution >= 4 is 28.0 Å². The third-order valence-corrected chi connectivity index (χ3v) is 12.5. The Morgan fingerprint density at radius 3 is 1.09 bits per heavy atom. The molecule has 1 fully saturated rings. The number of amides is 1. The fourth-order valence-electron chi connectivity index (χ4n) is 5.64. The van der Waals surface area contributed by atoms with Crippen molar-refractivity contribution < 1.29 is 32.1 Å². The van der Waals surface area contributed by atoms with E-state index in [1.54, 1.807) is 20.0 Å². The Kier molecular flexibility index (Phi) is 20.1. The van der Waals surface area contributed by atoms with Crippen molar-refractivity contribution in [2.75, 3.05) is 131 Å². The van der Waals surface area contributed by atoms with Crippen LogP contribution in [-0.2, 0) is 32.1 Å². The zero-order valence-corrected chi connectivity index (χ0v) is 32.8. The van der Waals surface area contributed by atoms with Crippen molar-refractivity contribution in [3.05, 3.63) is 0 Å². The van der Waals surface area contributed by atoms with Gasteiger partial charge in [-0.3, -0.25) is 38.1 Å². The van der Waals surface area contributed by atoms with Crippen LogP contribution in [0.5, 0.6) is 0 Å². The molecule has 45 heavy (non-hydrogen) atoms. The van der Waals surface area contributed by atoms with Gasteiger partial charge in [0.25, 0.3) is 0 Å². The summed E-state index contributed by atoms with van der Waals surface area (Å²) in [6.07, 6.45) is 0.908. The molecule has 15 heteroatoms. The lowest BCUT2D eigenvalue weighted by molar-refractivity contribution is -0.133. The van der Waals surface area contributed by atoms with E-state index in [4.69, 9.17) is 13.6 Å². The third-order valence-electron chi connectivity index (χ3n) is 7.39. The van der Waals surface area contributed by atoms with Crippen LogP contribution in [0.1, 0.15) is 48.5 Å². The largest absolute Gasteiger partial charge is 0.341 e. The van der Waals surface area contributed by atoms with Crippen molar-refractivity contribution in [1.82, 2.24) is 24.5 Å². The van der Waals surface area contributed by atoms with Crippen molar-refractivity contribution in [1.29, 1.82) is 0 Å². The molecule has 0 radical (unpaired) electrons. The van der Waals surface area contributed by atoms with E-state index in [1.165, 1.54) is 0 Å². The molecular weight excluding hydrogens is 635 g/mol. The highest BCUT2D eigenvalue weighted by molar-refractivity contribution is 7.58. The highest BCUT2D eigenvalue weighted by Crippen LogP contribution is 2.45. The van der Waals surface area contributed by atoms with Gasteiger partial charge in [-0.1, -0.05) is 27.7 Å². The standard InChI is InChI=1S/C30H66N5O7P3/c1-11-40-43(8,37)25-32-16-14-31(24-30(36)35(22-28(4)5)23-29(6)7)15-17-33(26-44(9,38)41-12-2)19-21-34(20-18-32)27-45(10,39)42-13-3/h28-29H,11-27H2,1-10H3. The molecule has 1 rings (SSSR count). The van der Waals surface area contributed by atoms with Crippen LogP contribution in [-0.4, -0.2) is 161 Å². The van der Waals surface area contributed by atoms with Gasteiger partial charge in [-0.25, -0.2) is 0 Å². The molecular formula is C30H66N5O7P3. The zero-order valence-electron chi connectivity index (χ0n) is 30.1.